The predicted molar refractivity (Wildman–Crippen MR) is 71.9 cm³/mol. The lowest BCUT2D eigenvalue weighted by atomic mass is 9.77. The normalized spacial score (nSPS) is 18.6. The van der Waals surface area contributed by atoms with E-state index in [9.17, 15) is 14.7 Å². The molecule has 5 heteroatoms. The first kappa shape index (κ1) is 16.0. The second-order valence-electron chi connectivity index (χ2n) is 5.22. The van der Waals surface area contributed by atoms with Gasteiger partial charge in [-0.05, 0) is 19.8 Å². The third kappa shape index (κ3) is 5.19. The third-order valence-corrected chi connectivity index (χ3v) is 3.79. The van der Waals surface area contributed by atoms with Crippen LogP contribution in [-0.2, 0) is 14.3 Å². The van der Waals surface area contributed by atoms with Crippen molar-refractivity contribution in [2.75, 3.05) is 19.8 Å². The van der Waals surface area contributed by atoms with Crippen molar-refractivity contribution in [1.82, 2.24) is 5.32 Å². The summed E-state index contributed by atoms with van der Waals surface area (Å²) in [5.41, 5.74) is -0.855. The maximum absolute atomic E-state index is 11.9. The molecule has 19 heavy (non-hydrogen) atoms. The Balaban J connectivity index is 2.48. The number of hydrogen-bond acceptors (Lipinski definition) is 3. The molecule has 0 aromatic heterocycles. The van der Waals surface area contributed by atoms with E-state index in [1.54, 1.807) is 0 Å². The third-order valence-electron chi connectivity index (χ3n) is 3.79. The van der Waals surface area contributed by atoms with Gasteiger partial charge in [-0.3, -0.25) is 9.59 Å². The predicted octanol–water partition coefficient (Wildman–Crippen LogP) is 1.95. The lowest BCUT2D eigenvalue weighted by Gasteiger charge is -2.27. The molecule has 0 aromatic carbocycles. The van der Waals surface area contributed by atoms with Crippen LogP contribution in [0.2, 0.25) is 0 Å². The number of amides is 1. The van der Waals surface area contributed by atoms with Crippen LogP contribution in [-0.4, -0.2) is 36.7 Å². The fourth-order valence-corrected chi connectivity index (χ4v) is 2.65. The lowest BCUT2D eigenvalue weighted by molar-refractivity contribution is -0.152. The molecule has 5 nitrogen and oxygen atoms in total. The van der Waals surface area contributed by atoms with Crippen molar-refractivity contribution in [3.63, 3.8) is 0 Å². The van der Waals surface area contributed by atoms with Crippen molar-refractivity contribution in [1.29, 1.82) is 0 Å². The highest BCUT2D eigenvalue weighted by atomic mass is 16.5. The molecule has 0 saturated heterocycles. The summed E-state index contributed by atoms with van der Waals surface area (Å²) in [6, 6.07) is 0. The summed E-state index contributed by atoms with van der Waals surface area (Å²) in [7, 11) is 0. The van der Waals surface area contributed by atoms with Crippen LogP contribution in [0.5, 0.6) is 0 Å². The maximum Gasteiger partial charge on any atom is 0.310 e. The van der Waals surface area contributed by atoms with Gasteiger partial charge in [0.1, 0.15) is 0 Å². The molecule has 0 spiro atoms. The van der Waals surface area contributed by atoms with Crippen LogP contribution < -0.4 is 5.32 Å². The van der Waals surface area contributed by atoms with Crippen LogP contribution in [0.4, 0.5) is 0 Å². The molecule has 0 aromatic rings. The standard InChI is InChI=1S/C14H25NO4/c1-2-19-10-9-15-12(16)11-14(13(17)18)7-5-3-4-6-8-14/h2-11H2,1H3,(H,15,16)(H,17,18). The summed E-state index contributed by atoms with van der Waals surface area (Å²) in [5, 5.41) is 12.2. The fourth-order valence-electron chi connectivity index (χ4n) is 2.65. The second kappa shape index (κ2) is 8.15. The Bertz CT molecular complexity index is 296. The van der Waals surface area contributed by atoms with Crippen LogP contribution in [0.3, 0.4) is 0 Å². The molecule has 2 N–H and O–H groups in total. The van der Waals surface area contributed by atoms with Gasteiger partial charge in [-0.15, -0.1) is 0 Å². The quantitative estimate of drug-likeness (QED) is 0.548. The highest BCUT2D eigenvalue weighted by Crippen LogP contribution is 2.38. The van der Waals surface area contributed by atoms with Gasteiger partial charge < -0.3 is 15.2 Å². The van der Waals surface area contributed by atoms with Crippen LogP contribution >= 0.6 is 0 Å². The van der Waals surface area contributed by atoms with Crippen molar-refractivity contribution >= 4 is 11.9 Å². The monoisotopic (exact) mass is 271 g/mol. The number of aliphatic carboxylic acids is 1. The molecule has 1 rings (SSSR count). The number of carbonyl (C=O) groups excluding carboxylic acids is 1. The van der Waals surface area contributed by atoms with Gasteiger partial charge in [-0.1, -0.05) is 25.7 Å². The molecule has 0 aliphatic heterocycles. The maximum atomic E-state index is 11.9. The lowest BCUT2D eigenvalue weighted by Crippen LogP contribution is -2.38. The minimum absolute atomic E-state index is 0.0917. The van der Waals surface area contributed by atoms with E-state index in [1.165, 1.54) is 0 Å². The Hall–Kier alpha value is -1.10. The molecule has 0 heterocycles. The Morgan fingerprint density at radius 3 is 2.37 bits per heavy atom. The van der Waals surface area contributed by atoms with Crippen LogP contribution in [0.25, 0.3) is 0 Å². The minimum atomic E-state index is -0.855. The van der Waals surface area contributed by atoms with E-state index in [-0.39, 0.29) is 12.3 Å². The van der Waals surface area contributed by atoms with Gasteiger partial charge in [-0.2, -0.15) is 0 Å². The van der Waals surface area contributed by atoms with E-state index in [0.717, 1.165) is 25.7 Å². The topological polar surface area (TPSA) is 75.6 Å². The first-order valence-corrected chi connectivity index (χ1v) is 7.18. The van der Waals surface area contributed by atoms with Crippen LogP contribution in [0.15, 0.2) is 0 Å². The van der Waals surface area contributed by atoms with Crippen molar-refractivity contribution in [3.8, 4) is 0 Å². The van der Waals surface area contributed by atoms with Crippen molar-refractivity contribution in [3.05, 3.63) is 0 Å². The van der Waals surface area contributed by atoms with Gasteiger partial charge in [0.25, 0.3) is 0 Å². The molecule has 1 aliphatic carbocycles. The average molecular weight is 271 g/mol. The number of rotatable bonds is 7. The van der Waals surface area contributed by atoms with Crippen LogP contribution in [0.1, 0.15) is 51.9 Å². The molecule has 1 saturated carbocycles. The van der Waals surface area contributed by atoms with Gasteiger partial charge in [0, 0.05) is 19.6 Å². The highest BCUT2D eigenvalue weighted by Gasteiger charge is 2.40. The van der Waals surface area contributed by atoms with Crippen molar-refractivity contribution in [2.45, 2.75) is 51.9 Å². The van der Waals surface area contributed by atoms with E-state index in [2.05, 4.69) is 5.32 Å². The number of ether oxygens (including phenoxy) is 1. The molecule has 1 fully saturated rings. The molecule has 1 aliphatic rings. The van der Waals surface area contributed by atoms with Gasteiger partial charge in [0.05, 0.1) is 12.0 Å². The van der Waals surface area contributed by atoms with E-state index in [0.29, 0.717) is 32.6 Å². The number of nitrogens with one attached hydrogen (secondary N) is 1. The smallest absolute Gasteiger partial charge is 0.310 e. The number of hydrogen-bond donors (Lipinski definition) is 2. The van der Waals surface area contributed by atoms with Gasteiger partial charge >= 0.3 is 5.97 Å². The Labute approximate surface area is 114 Å². The van der Waals surface area contributed by atoms with Crippen LogP contribution in [0, 0.1) is 5.41 Å². The summed E-state index contributed by atoms with van der Waals surface area (Å²) in [6.45, 7) is 3.44. The molecule has 0 radical (unpaired) electrons. The molecule has 0 unspecified atom stereocenters. The molecule has 1 amide bonds. The first-order valence-electron chi connectivity index (χ1n) is 7.18. The molecular formula is C14H25NO4. The molecule has 0 bridgehead atoms. The molecule has 110 valence electrons. The summed E-state index contributed by atoms with van der Waals surface area (Å²) in [4.78, 5) is 23.4. The highest BCUT2D eigenvalue weighted by molar-refractivity contribution is 5.85. The zero-order valence-corrected chi connectivity index (χ0v) is 11.7. The van der Waals surface area contributed by atoms with Gasteiger partial charge in [-0.25, -0.2) is 0 Å². The summed E-state index contributed by atoms with van der Waals surface area (Å²) >= 11 is 0. The fraction of sp³-hybridized carbons (Fsp3) is 0.857. The van der Waals surface area contributed by atoms with E-state index < -0.39 is 11.4 Å². The van der Waals surface area contributed by atoms with E-state index in [1.807, 2.05) is 6.92 Å². The molecule has 0 atom stereocenters. The number of carbonyl (C=O) groups is 2. The van der Waals surface area contributed by atoms with Gasteiger partial charge in [0.2, 0.25) is 5.91 Å². The van der Waals surface area contributed by atoms with Crippen molar-refractivity contribution in [2.24, 2.45) is 5.41 Å². The summed E-state index contributed by atoms with van der Waals surface area (Å²) < 4.78 is 5.14. The van der Waals surface area contributed by atoms with E-state index in [4.69, 9.17) is 4.74 Å². The van der Waals surface area contributed by atoms with Gasteiger partial charge in [0.15, 0.2) is 0 Å². The SMILES string of the molecule is CCOCCNC(=O)CC1(C(=O)O)CCCCCC1. The largest absolute Gasteiger partial charge is 0.481 e. The minimum Gasteiger partial charge on any atom is -0.481 e. The Kier molecular flexibility index (Phi) is 6.84. The summed E-state index contributed by atoms with van der Waals surface area (Å²) in [5.74, 6) is -1.00. The zero-order valence-electron chi connectivity index (χ0n) is 11.7. The molecular weight excluding hydrogens is 246 g/mol. The first-order chi connectivity index (χ1) is 9.10. The average Bonchev–Trinajstić information content (AvgIpc) is 2.61. The zero-order chi connectivity index (χ0) is 14.1. The summed E-state index contributed by atoms with van der Waals surface area (Å²) in [6.07, 6.45) is 5.26. The Morgan fingerprint density at radius 1 is 1.21 bits per heavy atom. The van der Waals surface area contributed by atoms with E-state index >= 15 is 0 Å². The second-order valence-corrected chi connectivity index (χ2v) is 5.22. The Morgan fingerprint density at radius 2 is 1.84 bits per heavy atom. The number of carboxylic acid groups (broad SMARTS) is 1. The number of carboxylic acids is 1. The van der Waals surface area contributed by atoms with Crippen molar-refractivity contribution < 1.29 is 19.4 Å².